The van der Waals surface area contributed by atoms with Crippen molar-refractivity contribution in [1.82, 2.24) is 0 Å². The first-order valence-corrected chi connectivity index (χ1v) is 6.06. The zero-order chi connectivity index (χ0) is 15.5. The van der Waals surface area contributed by atoms with Gasteiger partial charge in [0.2, 0.25) is 0 Å². The quantitative estimate of drug-likeness (QED) is 0.927. The van der Waals surface area contributed by atoms with Crippen LogP contribution in [0, 0.1) is 0 Å². The molecule has 3 nitrogen and oxygen atoms in total. The molecule has 0 amide bonds. The van der Waals surface area contributed by atoms with Gasteiger partial charge in [0.1, 0.15) is 23.9 Å². The van der Waals surface area contributed by atoms with Crippen molar-refractivity contribution in [2.75, 3.05) is 7.11 Å². The van der Waals surface area contributed by atoms with Crippen LogP contribution in [0.2, 0.25) is 0 Å². The lowest BCUT2D eigenvalue weighted by molar-refractivity contribution is -0.138. The van der Waals surface area contributed by atoms with Crippen molar-refractivity contribution in [2.45, 2.75) is 12.8 Å². The van der Waals surface area contributed by atoms with Crippen LogP contribution in [-0.4, -0.2) is 12.2 Å². The first kappa shape index (κ1) is 15.0. The van der Waals surface area contributed by atoms with Crippen molar-refractivity contribution < 1.29 is 27.8 Å². The van der Waals surface area contributed by atoms with Gasteiger partial charge in [-0.05, 0) is 29.8 Å². The standard InChI is InChI=1S/C15H13F3O3/c1-20-11-3-2-4-12(8-11)21-9-10-5-6-13(14(19)7-10)15(16,17)18/h2-8,19H,9H2,1H3. The number of phenolic OH excluding ortho intramolecular Hbond substituents is 1. The number of phenols is 1. The summed E-state index contributed by atoms with van der Waals surface area (Å²) in [6.45, 7) is 0.0405. The van der Waals surface area contributed by atoms with E-state index < -0.39 is 17.5 Å². The van der Waals surface area contributed by atoms with E-state index in [1.54, 1.807) is 24.3 Å². The van der Waals surface area contributed by atoms with E-state index in [1.807, 2.05) is 0 Å². The van der Waals surface area contributed by atoms with Gasteiger partial charge in [-0.15, -0.1) is 0 Å². The lowest BCUT2D eigenvalue weighted by atomic mass is 10.1. The zero-order valence-corrected chi connectivity index (χ0v) is 11.1. The first-order valence-electron chi connectivity index (χ1n) is 6.06. The predicted molar refractivity (Wildman–Crippen MR) is 70.4 cm³/mol. The lowest BCUT2D eigenvalue weighted by Crippen LogP contribution is -2.06. The third-order valence-corrected chi connectivity index (χ3v) is 2.81. The summed E-state index contributed by atoms with van der Waals surface area (Å²) in [5.41, 5.74) is -0.629. The fraction of sp³-hybridized carbons (Fsp3) is 0.200. The maximum absolute atomic E-state index is 12.5. The highest BCUT2D eigenvalue weighted by atomic mass is 19.4. The van der Waals surface area contributed by atoms with Crippen molar-refractivity contribution in [2.24, 2.45) is 0 Å². The van der Waals surface area contributed by atoms with Crippen LogP contribution in [0.25, 0.3) is 0 Å². The maximum Gasteiger partial charge on any atom is 0.419 e. The third kappa shape index (κ3) is 3.81. The van der Waals surface area contributed by atoms with Gasteiger partial charge in [0, 0.05) is 6.07 Å². The summed E-state index contributed by atoms with van der Waals surface area (Å²) in [4.78, 5) is 0. The first-order chi connectivity index (χ1) is 9.90. The molecule has 0 saturated carbocycles. The van der Waals surface area contributed by atoms with Crippen molar-refractivity contribution in [3.63, 3.8) is 0 Å². The highest BCUT2D eigenvalue weighted by Crippen LogP contribution is 2.36. The van der Waals surface area contributed by atoms with Gasteiger partial charge in [-0.1, -0.05) is 12.1 Å². The number of methoxy groups -OCH3 is 1. The number of aromatic hydroxyl groups is 1. The molecule has 0 saturated heterocycles. The summed E-state index contributed by atoms with van der Waals surface area (Å²) in [5.74, 6) is 0.325. The summed E-state index contributed by atoms with van der Waals surface area (Å²) in [6.07, 6.45) is -4.57. The summed E-state index contributed by atoms with van der Waals surface area (Å²) in [7, 11) is 1.52. The van der Waals surface area contributed by atoms with Crippen molar-refractivity contribution in [1.29, 1.82) is 0 Å². The van der Waals surface area contributed by atoms with Crippen LogP contribution in [0.4, 0.5) is 13.2 Å². The van der Waals surface area contributed by atoms with Gasteiger partial charge in [0.05, 0.1) is 12.7 Å². The minimum Gasteiger partial charge on any atom is -0.507 e. The normalized spacial score (nSPS) is 11.2. The van der Waals surface area contributed by atoms with E-state index in [4.69, 9.17) is 9.47 Å². The molecule has 0 aromatic heterocycles. The smallest absolute Gasteiger partial charge is 0.419 e. The highest BCUT2D eigenvalue weighted by molar-refractivity contribution is 5.38. The predicted octanol–water partition coefficient (Wildman–Crippen LogP) is 4.00. The molecular formula is C15H13F3O3. The zero-order valence-electron chi connectivity index (χ0n) is 11.1. The van der Waals surface area contributed by atoms with Gasteiger partial charge < -0.3 is 14.6 Å². The fourth-order valence-electron chi connectivity index (χ4n) is 1.76. The molecule has 112 valence electrons. The van der Waals surface area contributed by atoms with E-state index in [0.717, 1.165) is 12.1 Å². The Morgan fingerprint density at radius 3 is 2.38 bits per heavy atom. The topological polar surface area (TPSA) is 38.7 Å². The number of alkyl halides is 3. The Bertz CT molecular complexity index is 624. The van der Waals surface area contributed by atoms with Crippen LogP contribution in [0.5, 0.6) is 17.2 Å². The number of halogens is 3. The number of benzene rings is 2. The second-order valence-electron chi connectivity index (χ2n) is 4.32. The average molecular weight is 298 g/mol. The Balaban J connectivity index is 2.08. The molecule has 1 N–H and O–H groups in total. The molecule has 6 heteroatoms. The SMILES string of the molecule is COc1cccc(OCc2ccc(C(F)(F)F)c(O)c2)c1. The van der Waals surface area contributed by atoms with Gasteiger partial charge in [-0.3, -0.25) is 0 Å². The largest absolute Gasteiger partial charge is 0.507 e. The molecular weight excluding hydrogens is 285 g/mol. The monoisotopic (exact) mass is 298 g/mol. The van der Waals surface area contributed by atoms with Gasteiger partial charge in [0.15, 0.2) is 0 Å². The molecule has 0 spiro atoms. The maximum atomic E-state index is 12.5. The molecule has 21 heavy (non-hydrogen) atoms. The molecule has 0 atom stereocenters. The number of ether oxygens (including phenoxy) is 2. The van der Waals surface area contributed by atoms with Crippen LogP contribution in [-0.2, 0) is 12.8 Å². The van der Waals surface area contributed by atoms with Crippen molar-refractivity contribution >= 4 is 0 Å². The Kier molecular flexibility index (Phi) is 4.26. The second-order valence-corrected chi connectivity index (χ2v) is 4.32. The number of rotatable bonds is 4. The van der Waals surface area contributed by atoms with Crippen molar-refractivity contribution in [3.8, 4) is 17.2 Å². The molecule has 0 fully saturated rings. The fourth-order valence-corrected chi connectivity index (χ4v) is 1.76. The summed E-state index contributed by atoms with van der Waals surface area (Å²) < 4.78 is 48.0. The summed E-state index contributed by atoms with van der Waals surface area (Å²) in [6, 6.07) is 9.98. The molecule has 2 aromatic carbocycles. The summed E-state index contributed by atoms with van der Waals surface area (Å²) in [5, 5.41) is 9.41. The Morgan fingerprint density at radius 1 is 1.05 bits per heavy atom. The molecule has 0 aliphatic heterocycles. The Morgan fingerprint density at radius 2 is 1.76 bits per heavy atom. The Hall–Kier alpha value is -2.37. The molecule has 2 aromatic rings. The number of hydrogen-bond acceptors (Lipinski definition) is 3. The third-order valence-electron chi connectivity index (χ3n) is 2.81. The lowest BCUT2D eigenvalue weighted by Gasteiger charge is -2.11. The van der Waals surface area contributed by atoms with Crippen molar-refractivity contribution in [3.05, 3.63) is 53.6 Å². The van der Waals surface area contributed by atoms with E-state index in [0.29, 0.717) is 17.1 Å². The highest BCUT2D eigenvalue weighted by Gasteiger charge is 2.33. The molecule has 0 unspecified atom stereocenters. The second kappa shape index (κ2) is 5.95. The Labute approximate surface area is 119 Å². The van der Waals surface area contributed by atoms with E-state index in [-0.39, 0.29) is 6.61 Å². The molecule has 0 radical (unpaired) electrons. The average Bonchev–Trinajstić information content (AvgIpc) is 2.44. The minimum atomic E-state index is -4.57. The van der Waals surface area contributed by atoms with E-state index in [1.165, 1.54) is 13.2 Å². The van der Waals surface area contributed by atoms with Crippen LogP contribution in [0.1, 0.15) is 11.1 Å². The molecule has 0 aliphatic rings. The van der Waals surface area contributed by atoms with E-state index >= 15 is 0 Å². The van der Waals surface area contributed by atoms with Crippen LogP contribution in [0.15, 0.2) is 42.5 Å². The molecule has 0 aliphatic carbocycles. The van der Waals surface area contributed by atoms with Crippen LogP contribution in [0.3, 0.4) is 0 Å². The number of hydrogen-bond donors (Lipinski definition) is 1. The molecule has 0 bridgehead atoms. The molecule has 0 heterocycles. The van der Waals surface area contributed by atoms with Gasteiger partial charge in [-0.25, -0.2) is 0 Å². The van der Waals surface area contributed by atoms with Gasteiger partial charge in [-0.2, -0.15) is 13.2 Å². The van der Waals surface area contributed by atoms with E-state index in [2.05, 4.69) is 0 Å². The van der Waals surface area contributed by atoms with Crippen LogP contribution < -0.4 is 9.47 Å². The molecule has 2 rings (SSSR count). The van der Waals surface area contributed by atoms with E-state index in [9.17, 15) is 18.3 Å². The summed E-state index contributed by atoms with van der Waals surface area (Å²) >= 11 is 0. The minimum absolute atomic E-state index is 0.0405. The van der Waals surface area contributed by atoms with Gasteiger partial charge in [0.25, 0.3) is 0 Å². The van der Waals surface area contributed by atoms with Crippen LogP contribution >= 0.6 is 0 Å². The van der Waals surface area contributed by atoms with Gasteiger partial charge >= 0.3 is 6.18 Å².